The van der Waals surface area contributed by atoms with Gasteiger partial charge >= 0.3 is 0 Å². The highest BCUT2D eigenvalue weighted by Crippen LogP contribution is 2.41. The number of anilines is 1. The summed E-state index contributed by atoms with van der Waals surface area (Å²) in [7, 11) is 0. The van der Waals surface area contributed by atoms with Crippen LogP contribution in [0.1, 0.15) is 36.8 Å². The number of nitrogens with zero attached hydrogens (tertiary/aromatic N) is 3. The molecule has 2 saturated heterocycles. The Bertz CT molecular complexity index is 1120. The van der Waals surface area contributed by atoms with E-state index in [1.807, 2.05) is 0 Å². The molecule has 0 bridgehead atoms. The number of hydrogen-bond donors (Lipinski definition) is 1. The van der Waals surface area contributed by atoms with Gasteiger partial charge in [-0.25, -0.2) is 0 Å². The zero-order valence-electron chi connectivity index (χ0n) is 19.7. The number of likely N-dealkylation sites (tertiary alicyclic amines) is 1. The Morgan fingerprint density at radius 3 is 2.64 bits per heavy atom. The number of nitrogens with one attached hydrogen (secondary N) is 1. The molecule has 174 valence electrons. The molecule has 3 aliphatic rings. The van der Waals surface area contributed by atoms with Crippen LogP contribution in [0.25, 0.3) is 21.3 Å². The zero-order valence-corrected chi connectivity index (χ0v) is 20.5. The molecule has 1 saturated carbocycles. The van der Waals surface area contributed by atoms with Gasteiger partial charge in [-0.3, -0.25) is 0 Å². The van der Waals surface area contributed by atoms with Crippen molar-refractivity contribution >= 4 is 27.2 Å². The van der Waals surface area contributed by atoms with Gasteiger partial charge in [0, 0.05) is 49.8 Å². The van der Waals surface area contributed by atoms with E-state index >= 15 is 0 Å². The van der Waals surface area contributed by atoms with E-state index in [4.69, 9.17) is 14.9 Å². The first kappa shape index (κ1) is 21.5. The molecule has 5 nitrogen and oxygen atoms in total. The fourth-order valence-corrected chi connectivity index (χ4v) is 7.20. The number of ether oxygens (including phenoxy) is 1. The van der Waals surface area contributed by atoms with Gasteiger partial charge in [-0.05, 0) is 80.4 Å². The lowest BCUT2D eigenvalue weighted by Crippen LogP contribution is -2.32. The van der Waals surface area contributed by atoms with Crippen molar-refractivity contribution in [1.29, 1.82) is 0 Å². The molecule has 1 N–H and O–H groups in total. The van der Waals surface area contributed by atoms with E-state index in [0.717, 1.165) is 42.5 Å². The van der Waals surface area contributed by atoms with Crippen LogP contribution in [0.4, 0.5) is 5.82 Å². The first-order valence-electron chi connectivity index (χ1n) is 12.5. The van der Waals surface area contributed by atoms with Crippen molar-refractivity contribution in [3.8, 4) is 11.3 Å². The van der Waals surface area contributed by atoms with E-state index in [9.17, 15) is 0 Å². The van der Waals surface area contributed by atoms with Crippen molar-refractivity contribution in [2.24, 2.45) is 17.8 Å². The van der Waals surface area contributed by atoms with Crippen LogP contribution in [0.3, 0.4) is 0 Å². The Kier molecular flexibility index (Phi) is 5.85. The third-order valence-electron chi connectivity index (χ3n) is 8.06. The molecule has 6 rings (SSSR count). The van der Waals surface area contributed by atoms with Gasteiger partial charge < -0.3 is 15.0 Å². The number of aromatic nitrogens is 2. The smallest absolute Gasteiger partial charge is 0.157 e. The van der Waals surface area contributed by atoms with Crippen LogP contribution in [-0.2, 0) is 4.74 Å². The van der Waals surface area contributed by atoms with Crippen LogP contribution in [0, 0.1) is 31.6 Å². The molecule has 0 amide bonds. The highest BCUT2D eigenvalue weighted by molar-refractivity contribution is 7.17. The van der Waals surface area contributed by atoms with Crippen molar-refractivity contribution in [3.63, 3.8) is 0 Å². The molecule has 0 spiro atoms. The zero-order chi connectivity index (χ0) is 22.4. The molecule has 0 radical (unpaired) electrons. The predicted molar refractivity (Wildman–Crippen MR) is 136 cm³/mol. The molecule has 4 heterocycles. The van der Waals surface area contributed by atoms with Crippen LogP contribution in [0.5, 0.6) is 0 Å². The molecule has 3 aromatic rings. The van der Waals surface area contributed by atoms with Gasteiger partial charge in [-0.1, -0.05) is 17.7 Å². The summed E-state index contributed by atoms with van der Waals surface area (Å²) < 4.78 is 6.78. The molecule has 3 atom stereocenters. The minimum absolute atomic E-state index is 0.509. The maximum atomic E-state index is 5.54. The van der Waals surface area contributed by atoms with Gasteiger partial charge in [0.15, 0.2) is 5.82 Å². The number of fused-ring (bicyclic) bond motifs is 2. The SMILES string of the molecule is Cc1ccc(C)c(-c2nnc(NC3CC4CN(CC5CCOCC5)C[C@H]4C3)c3ccsc23)c1. The normalized spacial score (nSPS) is 26.2. The highest BCUT2D eigenvalue weighted by Gasteiger charge is 2.41. The second-order valence-corrected chi connectivity index (χ2v) is 11.4. The molecule has 2 aromatic heterocycles. The van der Waals surface area contributed by atoms with Crippen LogP contribution < -0.4 is 5.32 Å². The van der Waals surface area contributed by atoms with E-state index in [0.29, 0.717) is 6.04 Å². The summed E-state index contributed by atoms with van der Waals surface area (Å²) in [5, 5.41) is 16.6. The Morgan fingerprint density at radius 2 is 1.85 bits per heavy atom. The van der Waals surface area contributed by atoms with E-state index < -0.39 is 0 Å². The largest absolute Gasteiger partial charge is 0.381 e. The van der Waals surface area contributed by atoms with Crippen molar-refractivity contribution < 1.29 is 4.74 Å². The number of hydrogen-bond acceptors (Lipinski definition) is 6. The average Bonchev–Trinajstić information content (AvgIpc) is 3.52. The van der Waals surface area contributed by atoms with E-state index in [1.54, 1.807) is 11.3 Å². The molecule has 2 aliphatic heterocycles. The van der Waals surface area contributed by atoms with Crippen molar-refractivity contribution in [3.05, 3.63) is 40.8 Å². The van der Waals surface area contributed by atoms with Crippen LogP contribution in [0.15, 0.2) is 29.6 Å². The molecule has 3 fully saturated rings. The van der Waals surface area contributed by atoms with E-state index in [1.165, 1.54) is 72.1 Å². The second-order valence-electron chi connectivity index (χ2n) is 10.5. The van der Waals surface area contributed by atoms with E-state index in [2.05, 4.69) is 53.7 Å². The first-order chi connectivity index (χ1) is 16.1. The standard InChI is InChI=1S/C27H34N4OS/c1-17-3-4-18(2)24(11-17)25-26-23(7-10-33-26)27(30-29-25)28-22-12-20-15-31(16-21(20)13-22)14-19-5-8-32-9-6-19/h3-4,7,10-11,19-22H,5-6,8-9,12-16H2,1-2H3,(H,28,30)/t20-,21?,22?/m1/s1. The summed E-state index contributed by atoms with van der Waals surface area (Å²) in [6, 6.07) is 9.29. The van der Waals surface area contributed by atoms with Crippen molar-refractivity contribution in [2.45, 2.75) is 45.6 Å². The third-order valence-corrected chi connectivity index (χ3v) is 8.98. The summed E-state index contributed by atoms with van der Waals surface area (Å²) in [5.74, 6) is 3.44. The summed E-state index contributed by atoms with van der Waals surface area (Å²) in [6.45, 7) is 10.0. The van der Waals surface area contributed by atoms with Crippen LogP contribution >= 0.6 is 11.3 Å². The monoisotopic (exact) mass is 462 g/mol. The molecule has 33 heavy (non-hydrogen) atoms. The Morgan fingerprint density at radius 1 is 1.06 bits per heavy atom. The fourth-order valence-electron chi connectivity index (χ4n) is 6.30. The molecular formula is C27H34N4OS. The second kappa shape index (κ2) is 8.97. The number of rotatable bonds is 5. The van der Waals surface area contributed by atoms with Gasteiger partial charge in [0.05, 0.1) is 4.70 Å². The molecule has 1 aliphatic carbocycles. The molecule has 2 unspecified atom stereocenters. The van der Waals surface area contributed by atoms with Gasteiger partial charge in [-0.15, -0.1) is 21.5 Å². The number of thiophene rings is 1. The van der Waals surface area contributed by atoms with Gasteiger partial charge in [0.2, 0.25) is 0 Å². The summed E-state index contributed by atoms with van der Waals surface area (Å²) >= 11 is 1.77. The quantitative estimate of drug-likeness (QED) is 0.541. The first-order valence-corrected chi connectivity index (χ1v) is 13.4. The maximum absolute atomic E-state index is 5.54. The van der Waals surface area contributed by atoms with Gasteiger partial charge in [0.25, 0.3) is 0 Å². The van der Waals surface area contributed by atoms with Crippen molar-refractivity contribution in [2.75, 3.05) is 38.2 Å². The van der Waals surface area contributed by atoms with Gasteiger partial charge in [0.1, 0.15) is 5.69 Å². The lowest BCUT2D eigenvalue weighted by Gasteiger charge is -2.27. The lowest BCUT2D eigenvalue weighted by atomic mass is 10.00. The summed E-state index contributed by atoms with van der Waals surface area (Å²) in [4.78, 5) is 2.73. The van der Waals surface area contributed by atoms with E-state index in [-0.39, 0.29) is 0 Å². The molecule has 1 aromatic carbocycles. The average molecular weight is 463 g/mol. The Balaban J connectivity index is 1.14. The number of benzene rings is 1. The molecular weight excluding hydrogens is 428 g/mol. The minimum Gasteiger partial charge on any atom is -0.381 e. The minimum atomic E-state index is 0.509. The Labute approximate surface area is 200 Å². The van der Waals surface area contributed by atoms with Crippen LogP contribution in [0.2, 0.25) is 0 Å². The third kappa shape index (κ3) is 4.29. The highest BCUT2D eigenvalue weighted by atomic mass is 32.1. The summed E-state index contributed by atoms with van der Waals surface area (Å²) in [5.41, 5.74) is 4.72. The predicted octanol–water partition coefficient (Wildman–Crippen LogP) is 5.52. The topological polar surface area (TPSA) is 50.3 Å². The molecule has 6 heteroatoms. The van der Waals surface area contributed by atoms with Gasteiger partial charge in [-0.2, -0.15) is 0 Å². The fraction of sp³-hybridized carbons (Fsp3) is 0.556. The number of aryl methyl sites for hydroxylation is 2. The lowest BCUT2D eigenvalue weighted by molar-refractivity contribution is 0.0545. The van der Waals surface area contributed by atoms with Crippen molar-refractivity contribution in [1.82, 2.24) is 15.1 Å². The van der Waals surface area contributed by atoms with Crippen LogP contribution in [-0.4, -0.2) is 54.0 Å². The maximum Gasteiger partial charge on any atom is 0.157 e. The summed E-state index contributed by atoms with van der Waals surface area (Å²) in [6.07, 6.45) is 4.98. The Hall–Kier alpha value is -2.02.